The summed E-state index contributed by atoms with van der Waals surface area (Å²) >= 11 is 0. The SMILES string of the molecule is CC(=O)Nc1ccc(S(=O)(=O)N2CCC(C(=O)N3CCO[C@@H](c4ccccc4)C3)CC2)cc1. The van der Waals surface area contributed by atoms with Crippen LogP contribution in [-0.4, -0.2) is 62.2 Å². The summed E-state index contributed by atoms with van der Waals surface area (Å²) in [6.07, 6.45) is 0.856. The molecule has 0 bridgehead atoms. The second-order valence-corrected chi connectivity index (χ2v) is 10.4. The van der Waals surface area contributed by atoms with Gasteiger partial charge in [0.2, 0.25) is 21.8 Å². The number of ether oxygens (including phenoxy) is 1. The van der Waals surface area contributed by atoms with Crippen LogP contribution in [0.3, 0.4) is 0 Å². The normalized spacial score (nSPS) is 20.4. The standard InChI is InChI=1S/C24H29N3O5S/c1-18(28)25-21-7-9-22(10-8-21)33(30,31)27-13-11-20(12-14-27)24(29)26-15-16-32-23(17-26)19-5-3-2-4-6-19/h2-10,20,23H,11-17H2,1H3,(H,25,28)/t23-/m1/s1. The highest BCUT2D eigenvalue weighted by molar-refractivity contribution is 7.89. The monoisotopic (exact) mass is 471 g/mol. The van der Waals surface area contributed by atoms with E-state index in [2.05, 4.69) is 5.32 Å². The molecule has 2 aromatic rings. The molecule has 1 atom stereocenters. The van der Waals surface area contributed by atoms with E-state index in [1.165, 1.54) is 23.4 Å². The number of anilines is 1. The third-order valence-electron chi connectivity index (χ3n) is 6.17. The summed E-state index contributed by atoms with van der Waals surface area (Å²) in [5, 5.41) is 2.63. The maximum Gasteiger partial charge on any atom is 0.243 e. The Hall–Kier alpha value is -2.75. The number of sulfonamides is 1. The number of piperidine rings is 1. The number of hydrogen-bond donors (Lipinski definition) is 1. The molecule has 2 amide bonds. The minimum absolute atomic E-state index is 0.0796. The highest BCUT2D eigenvalue weighted by Crippen LogP contribution is 2.28. The maximum absolute atomic E-state index is 13.1. The third-order valence-corrected chi connectivity index (χ3v) is 8.08. The average Bonchev–Trinajstić information content (AvgIpc) is 2.84. The van der Waals surface area contributed by atoms with Gasteiger partial charge in [-0.2, -0.15) is 4.31 Å². The Morgan fingerprint density at radius 1 is 0.970 bits per heavy atom. The van der Waals surface area contributed by atoms with Crippen molar-refractivity contribution in [1.82, 2.24) is 9.21 Å². The maximum atomic E-state index is 13.1. The quantitative estimate of drug-likeness (QED) is 0.723. The first kappa shape index (κ1) is 23.4. The number of carbonyl (C=O) groups excluding carboxylic acids is 2. The van der Waals surface area contributed by atoms with Crippen LogP contribution in [0.25, 0.3) is 0 Å². The Morgan fingerprint density at radius 2 is 1.64 bits per heavy atom. The van der Waals surface area contributed by atoms with Gasteiger partial charge in [0, 0.05) is 38.2 Å². The summed E-state index contributed by atoms with van der Waals surface area (Å²) in [5.74, 6) is -0.322. The molecule has 9 heteroatoms. The molecule has 2 saturated heterocycles. The number of rotatable bonds is 5. The Kier molecular flexibility index (Phi) is 7.11. The molecule has 0 aromatic heterocycles. The minimum atomic E-state index is -3.65. The lowest BCUT2D eigenvalue weighted by Gasteiger charge is -2.37. The van der Waals surface area contributed by atoms with E-state index in [4.69, 9.17) is 4.74 Å². The summed E-state index contributed by atoms with van der Waals surface area (Å²) in [4.78, 5) is 26.3. The van der Waals surface area contributed by atoms with Gasteiger partial charge in [-0.25, -0.2) is 8.42 Å². The van der Waals surface area contributed by atoms with Crippen LogP contribution >= 0.6 is 0 Å². The lowest BCUT2D eigenvalue weighted by molar-refractivity contribution is -0.144. The molecule has 4 rings (SSSR count). The zero-order valence-corrected chi connectivity index (χ0v) is 19.5. The van der Waals surface area contributed by atoms with Gasteiger partial charge in [-0.15, -0.1) is 0 Å². The van der Waals surface area contributed by atoms with E-state index in [9.17, 15) is 18.0 Å². The summed E-state index contributed by atoms with van der Waals surface area (Å²) in [7, 11) is -3.65. The molecule has 0 unspecified atom stereocenters. The Labute approximate surface area is 194 Å². The first-order chi connectivity index (χ1) is 15.8. The molecule has 0 aliphatic carbocycles. The number of amides is 2. The summed E-state index contributed by atoms with van der Waals surface area (Å²) < 4.78 is 33.4. The van der Waals surface area contributed by atoms with Crippen molar-refractivity contribution in [2.75, 3.05) is 38.1 Å². The zero-order valence-electron chi connectivity index (χ0n) is 18.6. The molecule has 2 fully saturated rings. The fourth-order valence-corrected chi connectivity index (χ4v) is 5.85. The van der Waals surface area contributed by atoms with Crippen LogP contribution in [0.5, 0.6) is 0 Å². The minimum Gasteiger partial charge on any atom is -0.370 e. The molecule has 0 saturated carbocycles. The number of hydrogen-bond acceptors (Lipinski definition) is 5. The molecular formula is C24H29N3O5S. The third kappa shape index (κ3) is 5.43. The molecule has 2 aliphatic heterocycles. The van der Waals surface area contributed by atoms with Crippen LogP contribution in [0.1, 0.15) is 31.4 Å². The van der Waals surface area contributed by atoms with Crippen LogP contribution in [0, 0.1) is 5.92 Å². The van der Waals surface area contributed by atoms with Crippen molar-refractivity contribution in [3.05, 3.63) is 60.2 Å². The van der Waals surface area contributed by atoms with E-state index in [0.717, 1.165) is 5.56 Å². The van der Waals surface area contributed by atoms with Gasteiger partial charge in [0.15, 0.2) is 0 Å². The van der Waals surface area contributed by atoms with E-state index < -0.39 is 10.0 Å². The van der Waals surface area contributed by atoms with Gasteiger partial charge in [-0.1, -0.05) is 30.3 Å². The topological polar surface area (TPSA) is 96.0 Å². The number of nitrogens with zero attached hydrogens (tertiary/aromatic N) is 2. The fourth-order valence-electron chi connectivity index (χ4n) is 4.38. The predicted molar refractivity (Wildman–Crippen MR) is 124 cm³/mol. The molecular weight excluding hydrogens is 442 g/mol. The number of benzene rings is 2. The van der Waals surface area contributed by atoms with Crippen LogP contribution in [0.2, 0.25) is 0 Å². The van der Waals surface area contributed by atoms with E-state index in [1.54, 1.807) is 12.1 Å². The second kappa shape index (κ2) is 10.0. The Balaban J connectivity index is 1.35. The van der Waals surface area contributed by atoms with Crippen molar-refractivity contribution in [3.63, 3.8) is 0 Å². The van der Waals surface area contributed by atoms with Crippen LogP contribution in [-0.2, 0) is 24.3 Å². The fraction of sp³-hybridized carbons (Fsp3) is 0.417. The molecule has 0 radical (unpaired) electrons. The molecule has 8 nitrogen and oxygen atoms in total. The number of morpholine rings is 1. The van der Waals surface area contributed by atoms with Gasteiger partial charge in [0.1, 0.15) is 6.10 Å². The molecule has 2 aliphatic rings. The van der Waals surface area contributed by atoms with E-state index in [-0.39, 0.29) is 28.7 Å². The smallest absolute Gasteiger partial charge is 0.243 e. The second-order valence-electron chi connectivity index (χ2n) is 8.44. The lowest BCUT2D eigenvalue weighted by atomic mass is 9.96. The van der Waals surface area contributed by atoms with Gasteiger partial charge in [0.05, 0.1) is 18.0 Å². The summed E-state index contributed by atoms with van der Waals surface area (Å²) in [5.41, 5.74) is 1.60. The first-order valence-corrected chi connectivity index (χ1v) is 12.6. The van der Waals surface area contributed by atoms with Gasteiger partial charge in [0.25, 0.3) is 0 Å². The van der Waals surface area contributed by atoms with Gasteiger partial charge in [-0.05, 0) is 42.7 Å². The van der Waals surface area contributed by atoms with E-state index >= 15 is 0 Å². The van der Waals surface area contributed by atoms with Crippen molar-refractivity contribution in [3.8, 4) is 0 Å². The van der Waals surface area contributed by atoms with Crippen molar-refractivity contribution in [2.45, 2.75) is 30.8 Å². The van der Waals surface area contributed by atoms with Crippen LogP contribution < -0.4 is 5.32 Å². The van der Waals surface area contributed by atoms with Crippen molar-refractivity contribution >= 4 is 27.5 Å². The highest BCUT2D eigenvalue weighted by Gasteiger charge is 2.35. The van der Waals surface area contributed by atoms with Crippen LogP contribution in [0.4, 0.5) is 5.69 Å². The summed E-state index contributed by atoms with van der Waals surface area (Å²) in [6, 6.07) is 16.0. The lowest BCUT2D eigenvalue weighted by Crippen LogP contribution is -2.48. The average molecular weight is 472 g/mol. The van der Waals surface area contributed by atoms with E-state index in [0.29, 0.717) is 51.3 Å². The van der Waals surface area contributed by atoms with Crippen molar-refractivity contribution in [1.29, 1.82) is 0 Å². The Bertz CT molecular complexity index is 1080. The van der Waals surface area contributed by atoms with Gasteiger partial charge < -0.3 is 15.0 Å². The summed E-state index contributed by atoms with van der Waals surface area (Å²) in [6.45, 7) is 3.57. The molecule has 176 valence electrons. The largest absolute Gasteiger partial charge is 0.370 e. The zero-order chi connectivity index (χ0) is 23.4. The van der Waals surface area contributed by atoms with Crippen molar-refractivity contribution < 1.29 is 22.7 Å². The number of nitrogens with one attached hydrogen (secondary N) is 1. The highest BCUT2D eigenvalue weighted by atomic mass is 32.2. The van der Waals surface area contributed by atoms with Crippen LogP contribution in [0.15, 0.2) is 59.5 Å². The van der Waals surface area contributed by atoms with Gasteiger partial charge in [-0.3, -0.25) is 9.59 Å². The first-order valence-electron chi connectivity index (χ1n) is 11.2. The van der Waals surface area contributed by atoms with Gasteiger partial charge >= 0.3 is 0 Å². The molecule has 1 N–H and O–H groups in total. The molecule has 2 heterocycles. The Morgan fingerprint density at radius 3 is 2.27 bits per heavy atom. The molecule has 33 heavy (non-hydrogen) atoms. The predicted octanol–water partition coefficient (Wildman–Crippen LogP) is 2.65. The molecule has 2 aromatic carbocycles. The number of carbonyl (C=O) groups is 2. The van der Waals surface area contributed by atoms with E-state index in [1.807, 2.05) is 35.2 Å². The van der Waals surface area contributed by atoms with Crippen molar-refractivity contribution in [2.24, 2.45) is 5.92 Å². The molecule has 0 spiro atoms.